The summed E-state index contributed by atoms with van der Waals surface area (Å²) < 4.78 is 0. The first-order valence-corrected chi connectivity index (χ1v) is 16.5. The molecule has 8 aromatic rings. The van der Waals surface area contributed by atoms with Crippen LogP contribution < -0.4 is 45.6 Å². The molecule has 0 aromatic heterocycles. The monoisotopic (exact) mass is 698 g/mol. The van der Waals surface area contributed by atoms with Crippen LogP contribution in [0.4, 0.5) is 0 Å². The molecular weight excluding hydrogens is 671 g/mol. The number of hydrogen-bond donors (Lipinski definition) is 0. The maximum Gasteiger partial charge on any atom is 4.00 e. The molecule has 0 spiro atoms. The largest absolute Gasteiger partial charge is 4.00 e. The predicted octanol–water partition coefficient (Wildman–Crippen LogP) is 1.74. The van der Waals surface area contributed by atoms with Gasteiger partial charge in [0.25, 0.3) is 0 Å². The second-order valence-corrected chi connectivity index (χ2v) is 15.0. The van der Waals surface area contributed by atoms with Gasteiger partial charge in [0.1, 0.15) is 0 Å². The van der Waals surface area contributed by atoms with Crippen molar-refractivity contribution in [3.05, 3.63) is 157 Å². The minimum absolute atomic E-state index is 0. The molecule has 0 unspecified atom stereocenters. The van der Waals surface area contributed by atoms with E-state index >= 15 is 0 Å². The molecule has 0 aliphatic rings. The maximum atomic E-state index is 2.43. The third kappa shape index (κ3) is 4.67. The molecule has 0 atom stereocenters. The fraction of sp³-hybridized carbons (Fsp3) is 0.0500. The molecule has 8 rings (SSSR count). The first-order chi connectivity index (χ1) is 20.2. The number of hydrogen-bond acceptors (Lipinski definition) is 0. The Bertz CT molecular complexity index is 2070. The molecule has 0 radical (unpaired) electrons. The summed E-state index contributed by atoms with van der Waals surface area (Å²) in [5.74, 6) is 0. The number of aryl methyl sites for hydroxylation is 2. The summed E-state index contributed by atoms with van der Waals surface area (Å²) in [6.07, 6.45) is 0. The molecule has 212 valence electrons. The van der Waals surface area contributed by atoms with E-state index in [1.165, 1.54) is 75.0 Å². The molecule has 0 amide bonds. The van der Waals surface area contributed by atoms with Crippen LogP contribution in [0.5, 0.6) is 0 Å². The van der Waals surface area contributed by atoms with E-state index < -0.39 is 8.07 Å². The number of benzene rings is 6. The van der Waals surface area contributed by atoms with Crippen LogP contribution in [-0.2, 0) is 26.2 Å². The molecule has 0 bridgehead atoms. The van der Waals surface area contributed by atoms with Gasteiger partial charge in [0.2, 0.25) is 0 Å². The summed E-state index contributed by atoms with van der Waals surface area (Å²) in [4.78, 5) is 0. The van der Waals surface area contributed by atoms with Crippen LogP contribution in [-0.4, -0.2) is 8.07 Å². The van der Waals surface area contributed by atoms with E-state index in [-0.39, 0.29) is 51.0 Å². The Hall–Kier alpha value is -3.26. The normalized spacial score (nSPS) is 11.3. The molecule has 0 saturated carbocycles. The van der Waals surface area contributed by atoms with Gasteiger partial charge >= 0.3 is 26.2 Å². The van der Waals surface area contributed by atoms with Crippen molar-refractivity contribution in [2.24, 2.45) is 0 Å². The Kier molecular flexibility index (Phi) is 9.22. The Morgan fingerprint density at radius 1 is 0.432 bits per heavy atom. The quantitative estimate of drug-likeness (QED) is 0.194. The SMILES string of the molecule is Cc1[cH-]c2ccc3ccccc3c2c1[Si](c1ccccc1)(c1ccccc1)c1c(C)[cH-]c2ccc3ccccc3c12.[Cl-].[Cl-].[Zr+4]. The van der Waals surface area contributed by atoms with Crippen molar-refractivity contribution in [1.29, 1.82) is 0 Å². The van der Waals surface area contributed by atoms with Gasteiger partial charge in [-0.05, 0) is 10.8 Å². The molecule has 0 heterocycles. The topological polar surface area (TPSA) is 0 Å². The van der Waals surface area contributed by atoms with Crippen molar-refractivity contribution in [3.63, 3.8) is 0 Å². The predicted molar refractivity (Wildman–Crippen MR) is 181 cm³/mol. The third-order valence-corrected chi connectivity index (χ3v) is 14.3. The Labute approximate surface area is 291 Å². The molecule has 0 aliphatic heterocycles. The van der Waals surface area contributed by atoms with E-state index in [9.17, 15) is 0 Å². The molecule has 0 aliphatic carbocycles. The Morgan fingerprint density at radius 2 is 0.795 bits per heavy atom. The summed E-state index contributed by atoms with van der Waals surface area (Å²) in [7, 11) is -2.85. The summed E-state index contributed by atoms with van der Waals surface area (Å²) in [5.41, 5.74) is 2.76. The van der Waals surface area contributed by atoms with Gasteiger partial charge in [-0.2, -0.15) is 0 Å². The molecular formula is C40H30Cl2SiZr. The van der Waals surface area contributed by atoms with Crippen LogP contribution in [0.15, 0.2) is 146 Å². The average Bonchev–Trinajstić information content (AvgIpc) is 3.55. The zero-order chi connectivity index (χ0) is 27.6. The molecule has 0 N–H and O–H groups in total. The van der Waals surface area contributed by atoms with Gasteiger partial charge in [-0.1, -0.05) is 156 Å². The van der Waals surface area contributed by atoms with Gasteiger partial charge in [0.05, 0.1) is 8.07 Å². The van der Waals surface area contributed by atoms with Gasteiger partial charge in [-0.25, -0.2) is 0 Å². The van der Waals surface area contributed by atoms with Crippen molar-refractivity contribution in [3.8, 4) is 0 Å². The van der Waals surface area contributed by atoms with Crippen LogP contribution in [0.1, 0.15) is 11.1 Å². The standard InChI is InChI=1S/C40H30Si.2ClH.Zr/c1-27-25-31-23-21-29-13-9-11-19-35(29)37(31)39(27)41(33-15-5-3-6-16-33,34-17-7-4-8-18-34)40-28(2)26-32-24-22-30-14-10-12-20-36(30)38(32)40;;;/h3-26H,1-2H3;2*1H;/q-2;;;+4/p-2. The summed E-state index contributed by atoms with van der Waals surface area (Å²) in [5, 5.41) is 16.7. The Morgan fingerprint density at radius 3 is 1.20 bits per heavy atom. The van der Waals surface area contributed by atoms with E-state index in [0.717, 1.165) is 0 Å². The van der Waals surface area contributed by atoms with E-state index in [1.807, 2.05) is 0 Å². The zero-order valence-electron chi connectivity index (χ0n) is 24.6. The van der Waals surface area contributed by atoms with Crippen molar-refractivity contribution in [2.75, 3.05) is 0 Å². The molecule has 44 heavy (non-hydrogen) atoms. The zero-order valence-corrected chi connectivity index (χ0v) is 29.6. The first-order valence-electron chi connectivity index (χ1n) is 14.5. The van der Waals surface area contributed by atoms with Crippen LogP contribution in [0, 0.1) is 13.8 Å². The molecule has 0 saturated heterocycles. The van der Waals surface area contributed by atoms with E-state index in [4.69, 9.17) is 0 Å². The second kappa shape index (κ2) is 12.6. The van der Waals surface area contributed by atoms with E-state index in [2.05, 4.69) is 159 Å². The van der Waals surface area contributed by atoms with Gasteiger partial charge < -0.3 is 24.8 Å². The smallest absolute Gasteiger partial charge is 1.00 e. The van der Waals surface area contributed by atoms with E-state index in [0.29, 0.717) is 0 Å². The van der Waals surface area contributed by atoms with Crippen LogP contribution in [0.25, 0.3) is 43.1 Å². The summed E-state index contributed by atoms with van der Waals surface area (Å²) in [6, 6.07) is 54.8. The van der Waals surface area contributed by atoms with Gasteiger partial charge in [0, 0.05) is 0 Å². The van der Waals surface area contributed by atoms with Crippen molar-refractivity contribution >= 4 is 71.9 Å². The van der Waals surface area contributed by atoms with Crippen molar-refractivity contribution in [2.45, 2.75) is 13.8 Å². The molecule has 0 fully saturated rings. The molecule has 4 heteroatoms. The van der Waals surface area contributed by atoms with Gasteiger partial charge in [-0.3, -0.25) is 0 Å². The van der Waals surface area contributed by atoms with E-state index in [1.54, 1.807) is 0 Å². The summed E-state index contributed by atoms with van der Waals surface area (Å²) in [6.45, 7) is 4.69. The molecule has 0 nitrogen and oxygen atoms in total. The van der Waals surface area contributed by atoms with Gasteiger partial charge in [-0.15, -0.1) is 67.3 Å². The number of fused-ring (bicyclic) bond motifs is 6. The minimum Gasteiger partial charge on any atom is -1.00 e. The number of halogens is 2. The minimum atomic E-state index is -2.85. The average molecular weight is 701 g/mol. The third-order valence-electron chi connectivity index (χ3n) is 9.12. The van der Waals surface area contributed by atoms with Gasteiger partial charge in [0.15, 0.2) is 0 Å². The Balaban J connectivity index is 0.00000128. The fourth-order valence-electron chi connectivity index (χ4n) is 7.59. The number of rotatable bonds is 4. The summed E-state index contributed by atoms with van der Waals surface area (Å²) >= 11 is 0. The van der Waals surface area contributed by atoms with Crippen LogP contribution in [0.3, 0.4) is 0 Å². The second-order valence-electron chi connectivity index (χ2n) is 11.4. The fourth-order valence-corrected chi connectivity index (χ4v) is 13.4. The van der Waals surface area contributed by atoms with Crippen molar-refractivity contribution < 1.29 is 51.0 Å². The molecule has 8 aromatic carbocycles. The van der Waals surface area contributed by atoms with Crippen LogP contribution in [0.2, 0.25) is 0 Å². The first kappa shape index (κ1) is 32.1. The van der Waals surface area contributed by atoms with Crippen LogP contribution >= 0.6 is 0 Å². The van der Waals surface area contributed by atoms with Crippen molar-refractivity contribution in [1.82, 2.24) is 0 Å². The maximum absolute atomic E-state index is 2.85.